The SMILES string of the molecule is CCCNC(C#N)CCOc1ccc([N+](=O)[O-])cc1F. The van der Waals surface area contributed by atoms with Gasteiger partial charge in [0.15, 0.2) is 11.6 Å². The van der Waals surface area contributed by atoms with Crippen molar-refractivity contribution in [2.24, 2.45) is 0 Å². The molecular weight excluding hydrogens is 265 g/mol. The third kappa shape index (κ3) is 4.82. The Hall–Kier alpha value is -2.20. The van der Waals surface area contributed by atoms with Crippen molar-refractivity contribution in [2.45, 2.75) is 25.8 Å². The van der Waals surface area contributed by atoms with Crippen LogP contribution in [0.5, 0.6) is 5.75 Å². The van der Waals surface area contributed by atoms with E-state index < -0.39 is 10.7 Å². The topological polar surface area (TPSA) is 88.2 Å². The highest BCUT2D eigenvalue weighted by atomic mass is 19.1. The average Bonchev–Trinajstić information content (AvgIpc) is 2.43. The van der Waals surface area contributed by atoms with Crippen LogP contribution in [0, 0.1) is 27.3 Å². The molecule has 0 bridgehead atoms. The first-order chi connectivity index (χ1) is 9.58. The lowest BCUT2D eigenvalue weighted by atomic mass is 10.2. The van der Waals surface area contributed by atoms with E-state index in [-0.39, 0.29) is 24.1 Å². The molecule has 1 atom stereocenters. The molecule has 1 unspecified atom stereocenters. The molecule has 1 aromatic carbocycles. The predicted octanol–water partition coefficient (Wildman–Crippen LogP) is 2.39. The normalized spacial score (nSPS) is 11.7. The Labute approximate surface area is 116 Å². The number of nitro groups is 1. The van der Waals surface area contributed by atoms with Crippen LogP contribution in [0.25, 0.3) is 0 Å². The summed E-state index contributed by atoms with van der Waals surface area (Å²) in [5.41, 5.74) is -0.325. The summed E-state index contributed by atoms with van der Waals surface area (Å²) in [6.07, 6.45) is 1.32. The van der Waals surface area contributed by atoms with Crippen molar-refractivity contribution in [2.75, 3.05) is 13.2 Å². The molecule has 1 rings (SSSR count). The Kier molecular flexibility index (Phi) is 6.40. The summed E-state index contributed by atoms with van der Waals surface area (Å²) in [5.74, 6) is -0.836. The largest absolute Gasteiger partial charge is 0.490 e. The number of rotatable bonds is 8. The third-order valence-corrected chi connectivity index (χ3v) is 2.59. The summed E-state index contributed by atoms with van der Waals surface area (Å²) in [4.78, 5) is 9.79. The van der Waals surface area contributed by atoms with Crippen molar-refractivity contribution in [3.8, 4) is 11.8 Å². The summed E-state index contributed by atoms with van der Waals surface area (Å²) in [6, 6.07) is 4.94. The zero-order valence-electron chi connectivity index (χ0n) is 11.1. The molecule has 108 valence electrons. The highest BCUT2D eigenvalue weighted by molar-refractivity contribution is 5.37. The molecule has 0 heterocycles. The number of ether oxygens (including phenoxy) is 1. The number of non-ortho nitro benzene ring substituents is 1. The van der Waals surface area contributed by atoms with Crippen LogP contribution in [0.4, 0.5) is 10.1 Å². The van der Waals surface area contributed by atoms with Gasteiger partial charge in [-0.3, -0.25) is 10.1 Å². The lowest BCUT2D eigenvalue weighted by Gasteiger charge is -2.11. The maximum absolute atomic E-state index is 13.5. The highest BCUT2D eigenvalue weighted by Gasteiger charge is 2.12. The molecule has 0 aromatic heterocycles. The van der Waals surface area contributed by atoms with E-state index in [1.54, 1.807) is 0 Å². The molecule has 7 heteroatoms. The minimum atomic E-state index is -0.783. The Balaban J connectivity index is 2.50. The summed E-state index contributed by atoms with van der Waals surface area (Å²) in [7, 11) is 0. The number of nitro benzene ring substituents is 1. The second kappa shape index (κ2) is 8.07. The van der Waals surface area contributed by atoms with Gasteiger partial charge in [-0.05, 0) is 19.0 Å². The van der Waals surface area contributed by atoms with Gasteiger partial charge in [0.1, 0.15) is 0 Å². The summed E-state index contributed by atoms with van der Waals surface area (Å²) < 4.78 is 18.7. The Bertz CT molecular complexity index is 502. The Morgan fingerprint density at radius 2 is 2.35 bits per heavy atom. The number of hydrogen-bond donors (Lipinski definition) is 1. The molecular formula is C13H16FN3O3. The van der Waals surface area contributed by atoms with Gasteiger partial charge in [-0.1, -0.05) is 6.92 Å². The van der Waals surface area contributed by atoms with Gasteiger partial charge >= 0.3 is 0 Å². The van der Waals surface area contributed by atoms with Crippen LogP contribution in [0.1, 0.15) is 19.8 Å². The molecule has 0 radical (unpaired) electrons. The zero-order chi connectivity index (χ0) is 15.0. The predicted molar refractivity (Wildman–Crippen MR) is 70.9 cm³/mol. The van der Waals surface area contributed by atoms with Crippen LogP contribution in [-0.2, 0) is 0 Å². The van der Waals surface area contributed by atoms with Crippen LogP contribution >= 0.6 is 0 Å². The summed E-state index contributed by atoms with van der Waals surface area (Å²) >= 11 is 0. The summed E-state index contributed by atoms with van der Waals surface area (Å²) in [5, 5.41) is 22.4. The van der Waals surface area contributed by atoms with Gasteiger partial charge in [0.2, 0.25) is 0 Å². The number of nitrogens with zero attached hydrogens (tertiary/aromatic N) is 2. The second-order valence-electron chi connectivity index (χ2n) is 4.14. The van der Waals surface area contributed by atoms with Crippen LogP contribution in [0.3, 0.4) is 0 Å². The molecule has 0 saturated carbocycles. The fraction of sp³-hybridized carbons (Fsp3) is 0.462. The number of nitriles is 1. The molecule has 0 aliphatic heterocycles. The van der Waals surface area contributed by atoms with Crippen molar-refractivity contribution in [3.05, 3.63) is 34.1 Å². The van der Waals surface area contributed by atoms with Gasteiger partial charge in [0.05, 0.1) is 29.7 Å². The molecule has 20 heavy (non-hydrogen) atoms. The van der Waals surface area contributed by atoms with Crippen LogP contribution in [0.2, 0.25) is 0 Å². The van der Waals surface area contributed by atoms with Gasteiger partial charge in [0, 0.05) is 12.5 Å². The maximum atomic E-state index is 13.5. The van der Waals surface area contributed by atoms with Crippen molar-refractivity contribution in [1.29, 1.82) is 5.26 Å². The average molecular weight is 281 g/mol. The van der Waals surface area contributed by atoms with Crippen molar-refractivity contribution in [3.63, 3.8) is 0 Å². The molecule has 0 aliphatic carbocycles. The molecule has 0 fully saturated rings. The van der Waals surface area contributed by atoms with E-state index in [0.29, 0.717) is 6.42 Å². The minimum Gasteiger partial charge on any atom is -0.490 e. The minimum absolute atomic E-state index is 0.0530. The van der Waals surface area contributed by atoms with Gasteiger partial charge in [0.25, 0.3) is 5.69 Å². The molecule has 0 amide bonds. The van der Waals surface area contributed by atoms with E-state index in [1.165, 1.54) is 12.1 Å². The van der Waals surface area contributed by atoms with E-state index in [2.05, 4.69) is 11.4 Å². The molecule has 6 nitrogen and oxygen atoms in total. The monoisotopic (exact) mass is 281 g/mol. The Morgan fingerprint density at radius 1 is 1.60 bits per heavy atom. The standard InChI is InChI=1S/C13H16FN3O3/c1-2-6-16-10(9-15)5-7-20-13-4-3-11(17(18)19)8-12(13)14/h3-4,8,10,16H,2,5-7H2,1H3. The van der Waals surface area contributed by atoms with Gasteiger partial charge < -0.3 is 10.1 Å². The molecule has 0 aliphatic rings. The fourth-order valence-electron chi connectivity index (χ4n) is 1.54. The van der Waals surface area contributed by atoms with E-state index in [1.807, 2.05) is 6.92 Å². The van der Waals surface area contributed by atoms with Crippen LogP contribution in [0.15, 0.2) is 18.2 Å². The lowest BCUT2D eigenvalue weighted by Crippen LogP contribution is -2.29. The Morgan fingerprint density at radius 3 is 2.90 bits per heavy atom. The number of benzene rings is 1. The first-order valence-electron chi connectivity index (χ1n) is 6.28. The van der Waals surface area contributed by atoms with Crippen molar-refractivity contribution < 1.29 is 14.1 Å². The number of hydrogen-bond acceptors (Lipinski definition) is 5. The number of nitrogens with one attached hydrogen (secondary N) is 1. The number of halogens is 1. The van der Waals surface area contributed by atoms with Crippen LogP contribution < -0.4 is 10.1 Å². The van der Waals surface area contributed by atoms with Crippen LogP contribution in [-0.4, -0.2) is 24.1 Å². The maximum Gasteiger partial charge on any atom is 0.272 e. The first-order valence-corrected chi connectivity index (χ1v) is 6.28. The second-order valence-corrected chi connectivity index (χ2v) is 4.14. The third-order valence-electron chi connectivity index (χ3n) is 2.59. The first kappa shape index (κ1) is 15.9. The zero-order valence-corrected chi connectivity index (χ0v) is 11.1. The van der Waals surface area contributed by atoms with E-state index in [9.17, 15) is 14.5 Å². The fourth-order valence-corrected chi connectivity index (χ4v) is 1.54. The molecule has 0 saturated heterocycles. The molecule has 1 N–H and O–H groups in total. The summed E-state index contributed by atoms with van der Waals surface area (Å²) in [6.45, 7) is 2.87. The van der Waals surface area contributed by atoms with E-state index in [4.69, 9.17) is 10.00 Å². The van der Waals surface area contributed by atoms with Gasteiger partial charge in [-0.2, -0.15) is 5.26 Å². The molecule has 0 spiro atoms. The molecule has 1 aromatic rings. The van der Waals surface area contributed by atoms with Crippen molar-refractivity contribution in [1.82, 2.24) is 5.32 Å². The van der Waals surface area contributed by atoms with Gasteiger partial charge in [-0.25, -0.2) is 4.39 Å². The smallest absolute Gasteiger partial charge is 0.272 e. The van der Waals surface area contributed by atoms with Crippen molar-refractivity contribution >= 4 is 5.69 Å². The lowest BCUT2D eigenvalue weighted by molar-refractivity contribution is -0.385. The highest BCUT2D eigenvalue weighted by Crippen LogP contribution is 2.22. The van der Waals surface area contributed by atoms with E-state index in [0.717, 1.165) is 19.0 Å². The van der Waals surface area contributed by atoms with E-state index >= 15 is 0 Å². The van der Waals surface area contributed by atoms with Gasteiger partial charge in [-0.15, -0.1) is 0 Å². The quantitative estimate of drug-likeness (QED) is 0.584.